The van der Waals surface area contributed by atoms with Crippen LogP contribution >= 0.6 is 0 Å². The molecule has 8 heteroatoms. The molecule has 0 heterocycles. The van der Waals surface area contributed by atoms with E-state index in [9.17, 15) is 14.4 Å². The van der Waals surface area contributed by atoms with Gasteiger partial charge in [-0.2, -0.15) is 0 Å². The Morgan fingerprint density at radius 3 is 2.36 bits per heavy atom. The van der Waals surface area contributed by atoms with Crippen molar-refractivity contribution in [3.8, 4) is 5.75 Å². The number of carbonyl (C=O) groups excluding carboxylic acids is 3. The Morgan fingerprint density at radius 1 is 1.23 bits per heavy atom. The van der Waals surface area contributed by atoms with Crippen molar-refractivity contribution in [1.29, 1.82) is 0 Å². The van der Waals surface area contributed by atoms with Crippen LogP contribution in [0.15, 0.2) is 24.3 Å². The molecule has 0 saturated carbocycles. The Morgan fingerprint density at radius 2 is 1.86 bits per heavy atom. The van der Waals surface area contributed by atoms with E-state index in [2.05, 4.69) is 10.1 Å². The first kappa shape index (κ1) is 17.4. The minimum Gasteiger partial charge on any atom is -0.434 e. The molecule has 0 bridgehead atoms. The van der Waals surface area contributed by atoms with E-state index < -0.39 is 18.1 Å². The standard InChI is InChI=1S/C14H19N3O5/c1-3-21-14(20)22-12-6-4-11(5-7-12)16-13(19)17(9-8-15)10(2)18/h4-7H,3,8-9,15H2,1-2H3,(H,16,19). The number of anilines is 1. The van der Waals surface area contributed by atoms with Gasteiger partial charge in [0.05, 0.1) is 6.61 Å². The van der Waals surface area contributed by atoms with E-state index >= 15 is 0 Å². The van der Waals surface area contributed by atoms with Crippen LogP contribution in [0.3, 0.4) is 0 Å². The molecule has 0 fully saturated rings. The summed E-state index contributed by atoms with van der Waals surface area (Å²) in [6.07, 6.45) is -0.801. The molecular weight excluding hydrogens is 290 g/mol. The maximum Gasteiger partial charge on any atom is 0.513 e. The molecule has 0 aromatic heterocycles. The molecule has 1 rings (SSSR count). The van der Waals surface area contributed by atoms with Gasteiger partial charge in [-0.25, -0.2) is 9.59 Å². The molecule has 0 unspecified atom stereocenters. The number of amides is 3. The van der Waals surface area contributed by atoms with Crippen molar-refractivity contribution in [3.63, 3.8) is 0 Å². The second kappa shape index (κ2) is 8.63. The Hall–Kier alpha value is -2.61. The number of ether oxygens (including phenoxy) is 2. The van der Waals surface area contributed by atoms with Crippen molar-refractivity contribution in [1.82, 2.24) is 4.90 Å². The number of nitrogens with one attached hydrogen (secondary N) is 1. The lowest BCUT2D eigenvalue weighted by Gasteiger charge is -2.18. The van der Waals surface area contributed by atoms with Gasteiger partial charge in [0.1, 0.15) is 5.75 Å². The summed E-state index contributed by atoms with van der Waals surface area (Å²) in [4.78, 5) is 35.4. The lowest BCUT2D eigenvalue weighted by molar-refractivity contribution is -0.125. The van der Waals surface area contributed by atoms with Gasteiger partial charge >= 0.3 is 12.2 Å². The Labute approximate surface area is 128 Å². The van der Waals surface area contributed by atoms with Gasteiger partial charge in [0.25, 0.3) is 0 Å². The molecular formula is C14H19N3O5. The highest BCUT2D eigenvalue weighted by Crippen LogP contribution is 2.16. The number of benzene rings is 1. The number of urea groups is 1. The van der Waals surface area contributed by atoms with Gasteiger partial charge in [-0.05, 0) is 31.2 Å². The van der Waals surface area contributed by atoms with Crippen LogP contribution in [0.5, 0.6) is 5.75 Å². The van der Waals surface area contributed by atoms with Gasteiger partial charge in [-0.1, -0.05) is 0 Å². The topological polar surface area (TPSA) is 111 Å². The second-order valence-electron chi connectivity index (χ2n) is 4.20. The molecule has 0 radical (unpaired) electrons. The third kappa shape index (κ3) is 5.41. The monoisotopic (exact) mass is 309 g/mol. The van der Waals surface area contributed by atoms with Crippen molar-refractivity contribution in [2.75, 3.05) is 25.0 Å². The SMILES string of the molecule is CCOC(=O)Oc1ccc(NC(=O)N(CCN)C(C)=O)cc1. The summed E-state index contributed by atoms with van der Waals surface area (Å²) in [6, 6.07) is 5.48. The molecule has 0 spiro atoms. The Kier molecular flexibility index (Phi) is 6.84. The average Bonchev–Trinajstić information content (AvgIpc) is 2.46. The second-order valence-corrected chi connectivity index (χ2v) is 4.20. The van der Waals surface area contributed by atoms with Crippen LogP contribution in [-0.4, -0.2) is 42.7 Å². The van der Waals surface area contributed by atoms with E-state index in [1.807, 2.05) is 0 Å². The molecule has 1 aromatic rings. The molecule has 0 atom stereocenters. The predicted molar refractivity (Wildman–Crippen MR) is 79.6 cm³/mol. The minimum atomic E-state index is -0.801. The van der Waals surface area contributed by atoms with Gasteiger partial charge < -0.3 is 20.5 Å². The largest absolute Gasteiger partial charge is 0.513 e. The van der Waals surface area contributed by atoms with Gasteiger partial charge in [0, 0.05) is 25.7 Å². The molecule has 3 amide bonds. The highest BCUT2D eigenvalue weighted by molar-refractivity contribution is 6.00. The first-order valence-corrected chi connectivity index (χ1v) is 6.71. The van der Waals surface area contributed by atoms with Crippen LogP contribution in [0.2, 0.25) is 0 Å². The van der Waals surface area contributed by atoms with E-state index in [1.54, 1.807) is 6.92 Å². The van der Waals surface area contributed by atoms with Crippen molar-refractivity contribution in [2.24, 2.45) is 5.73 Å². The average molecular weight is 309 g/mol. The fourth-order valence-electron chi connectivity index (χ4n) is 1.57. The number of imide groups is 1. The minimum absolute atomic E-state index is 0.130. The molecule has 0 aliphatic carbocycles. The number of hydrogen-bond acceptors (Lipinski definition) is 6. The molecule has 3 N–H and O–H groups in total. The van der Waals surface area contributed by atoms with E-state index in [0.717, 1.165) is 4.90 Å². The summed E-state index contributed by atoms with van der Waals surface area (Å²) in [6.45, 7) is 3.48. The lowest BCUT2D eigenvalue weighted by Crippen LogP contribution is -2.41. The summed E-state index contributed by atoms with van der Waals surface area (Å²) >= 11 is 0. The van der Waals surface area contributed by atoms with E-state index in [-0.39, 0.29) is 25.4 Å². The van der Waals surface area contributed by atoms with Crippen molar-refractivity contribution in [3.05, 3.63) is 24.3 Å². The van der Waals surface area contributed by atoms with Crippen molar-refractivity contribution >= 4 is 23.8 Å². The maximum absolute atomic E-state index is 11.9. The first-order chi connectivity index (χ1) is 10.5. The third-order valence-electron chi connectivity index (χ3n) is 2.55. The van der Waals surface area contributed by atoms with Crippen LogP contribution in [0.25, 0.3) is 0 Å². The Bertz CT molecular complexity index is 530. The molecule has 120 valence electrons. The van der Waals surface area contributed by atoms with Gasteiger partial charge in [0.2, 0.25) is 5.91 Å². The summed E-state index contributed by atoms with van der Waals surface area (Å²) in [5.41, 5.74) is 5.80. The van der Waals surface area contributed by atoms with Gasteiger partial charge in [-0.15, -0.1) is 0 Å². The normalized spacial score (nSPS) is 9.77. The van der Waals surface area contributed by atoms with Crippen molar-refractivity contribution in [2.45, 2.75) is 13.8 Å². The zero-order valence-corrected chi connectivity index (χ0v) is 12.5. The molecule has 1 aromatic carbocycles. The van der Waals surface area contributed by atoms with Gasteiger partial charge in [-0.3, -0.25) is 9.69 Å². The summed E-state index contributed by atoms with van der Waals surface area (Å²) in [7, 11) is 0. The highest BCUT2D eigenvalue weighted by Gasteiger charge is 2.17. The number of rotatable bonds is 5. The number of nitrogens with zero attached hydrogens (tertiary/aromatic N) is 1. The van der Waals surface area contributed by atoms with E-state index in [0.29, 0.717) is 5.69 Å². The third-order valence-corrected chi connectivity index (χ3v) is 2.55. The lowest BCUT2D eigenvalue weighted by atomic mass is 10.3. The van der Waals surface area contributed by atoms with Crippen LogP contribution in [0.1, 0.15) is 13.8 Å². The number of nitrogens with two attached hydrogens (primary N) is 1. The van der Waals surface area contributed by atoms with Crippen LogP contribution < -0.4 is 15.8 Å². The summed E-state index contributed by atoms with van der Waals surface area (Å²) in [5, 5.41) is 2.55. The highest BCUT2D eigenvalue weighted by atomic mass is 16.7. The molecule has 8 nitrogen and oxygen atoms in total. The fourth-order valence-corrected chi connectivity index (χ4v) is 1.57. The molecule has 0 aliphatic heterocycles. The zero-order valence-electron chi connectivity index (χ0n) is 12.5. The molecule has 22 heavy (non-hydrogen) atoms. The molecule has 0 saturated heterocycles. The van der Waals surface area contributed by atoms with Crippen molar-refractivity contribution < 1.29 is 23.9 Å². The maximum atomic E-state index is 11.9. The quantitative estimate of drug-likeness (QED) is 0.630. The molecule has 0 aliphatic rings. The van der Waals surface area contributed by atoms with E-state index in [4.69, 9.17) is 10.5 Å². The first-order valence-electron chi connectivity index (χ1n) is 6.71. The predicted octanol–water partition coefficient (Wildman–Crippen LogP) is 1.56. The smallest absolute Gasteiger partial charge is 0.434 e. The zero-order chi connectivity index (χ0) is 16.5. The fraction of sp³-hybridized carbons (Fsp3) is 0.357. The summed E-state index contributed by atoms with van der Waals surface area (Å²) in [5.74, 6) is -0.118. The van der Waals surface area contributed by atoms with Crippen LogP contribution in [-0.2, 0) is 9.53 Å². The summed E-state index contributed by atoms with van der Waals surface area (Å²) < 4.78 is 9.52. The van der Waals surface area contributed by atoms with Gasteiger partial charge in [0.15, 0.2) is 0 Å². The van der Waals surface area contributed by atoms with Crippen LogP contribution in [0.4, 0.5) is 15.3 Å². The van der Waals surface area contributed by atoms with E-state index in [1.165, 1.54) is 31.2 Å². The van der Waals surface area contributed by atoms with Crippen LogP contribution in [0, 0.1) is 0 Å². The number of carbonyl (C=O) groups is 3. The Balaban J connectivity index is 2.65. The number of hydrogen-bond donors (Lipinski definition) is 2.